The van der Waals surface area contributed by atoms with Crippen LogP contribution in [-0.2, 0) is 13.5 Å². The molecule has 7 heteroatoms. The molecule has 0 spiro atoms. The molecule has 0 aliphatic heterocycles. The van der Waals surface area contributed by atoms with Gasteiger partial charge in [0.2, 0.25) is 0 Å². The lowest BCUT2D eigenvalue weighted by Crippen LogP contribution is -1.99. The zero-order chi connectivity index (χ0) is 14.1. The van der Waals surface area contributed by atoms with E-state index in [2.05, 4.69) is 20.1 Å². The highest BCUT2D eigenvalue weighted by atomic mass is 32.1. The summed E-state index contributed by atoms with van der Waals surface area (Å²) in [5.41, 5.74) is 2.94. The predicted molar refractivity (Wildman–Crippen MR) is 81.3 cm³/mol. The lowest BCUT2D eigenvalue weighted by atomic mass is 10.2. The number of aromatic nitrogens is 5. The summed E-state index contributed by atoms with van der Waals surface area (Å²) >= 11 is 6.88. The second kappa shape index (κ2) is 5.26. The van der Waals surface area contributed by atoms with E-state index in [0.717, 1.165) is 27.8 Å². The predicted octanol–water partition coefficient (Wildman–Crippen LogP) is 2.90. The van der Waals surface area contributed by atoms with Crippen LogP contribution in [-0.4, -0.2) is 24.7 Å². The topological polar surface area (TPSA) is 59.4 Å². The molecule has 102 valence electrons. The quantitative estimate of drug-likeness (QED) is 0.756. The van der Waals surface area contributed by atoms with Crippen molar-refractivity contribution in [1.29, 1.82) is 0 Å². The van der Waals surface area contributed by atoms with Gasteiger partial charge in [-0.05, 0) is 13.0 Å². The summed E-state index contributed by atoms with van der Waals surface area (Å²) in [6.07, 6.45) is 4.40. The molecule has 0 bridgehead atoms. The van der Waals surface area contributed by atoms with Crippen molar-refractivity contribution < 1.29 is 0 Å². The zero-order valence-electron chi connectivity index (χ0n) is 11.1. The summed E-state index contributed by atoms with van der Waals surface area (Å²) in [4.78, 5) is 12.1. The monoisotopic (exact) mass is 303 g/mol. The molecule has 0 saturated carbocycles. The molecule has 0 aliphatic rings. The Kier molecular flexibility index (Phi) is 3.45. The van der Waals surface area contributed by atoms with Gasteiger partial charge in [-0.2, -0.15) is 5.10 Å². The van der Waals surface area contributed by atoms with E-state index in [0.29, 0.717) is 11.1 Å². The molecule has 0 amide bonds. The lowest BCUT2D eigenvalue weighted by Gasteiger charge is -2.03. The first kappa shape index (κ1) is 13.1. The average molecular weight is 303 g/mol. The van der Waals surface area contributed by atoms with Crippen LogP contribution in [0.1, 0.15) is 16.5 Å². The normalized spacial score (nSPS) is 10.9. The van der Waals surface area contributed by atoms with E-state index in [1.165, 1.54) is 0 Å². The van der Waals surface area contributed by atoms with Gasteiger partial charge in [-0.3, -0.25) is 4.68 Å². The van der Waals surface area contributed by atoms with Gasteiger partial charge in [-0.1, -0.05) is 12.2 Å². The second-order valence-corrected chi connectivity index (χ2v) is 6.00. The summed E-state index contributed by atoms with van der Waals surface area (Å²) in [6.45, 7) is 2.00. The van der Waals surface area contributed by atoms with Crippen molar-refractivity contribution in [2.75, 3.05) is 0 Å². The minimum absolute atomic E-state index is 0.574. The number of hydrogen-bond donors (Lipinski definition) is 1. The number of rotatable bonds is 3. The van der Waals surface area contributed by atoms with Crippen molar-refractivity contribution in [1.82, 2.24) is 24.7 Å². The molecule has 3 aromatic rings. The van der Waals surface area contributed by atoms with Crippen molar-refractivity contribution in [3.05, 3.63) is 45.0 Å². The van der Waals surface area contributed by atoms with E-state index < -0.39 is 0 Å². The van der Waals surface area contributed by atoms with Gasteiger partial charge in [-0.25, -0.2) is 9.97 Å². The molecule has 1 N–H and O–H groups in total. The fourth-order valence-electron chi connectivity index (χ4n) is 1.97. The molecule has 0 saturated heterocycles. The third-order valence-electron chi connectivity index (χ3n) is 2.82. The Bertz CT molecular complexity index is 799. The largest absolute Gasteiger partial charge is 0.343 e. The molecule has 5 nitrogen and oxygen atoms in total. The maximum Gasteiger partial charge on any atom is 0.130 e. The van der Waals surface area contributed by atoms with Gasteiger partial charge in [0, 0.05) is 30.6 Å². The fourth-order valence-corrected chi connectivity index (χ4v) is 2.81. The molecule has 0 unspecified atom stereocenters. The highest BCUT2D eigenvalue weighted by molar-refractivity contribution is 7.71. The van der Waals surface area contributed by atoms with E-state index in [1.54, 1.807) is 22.2 Å². The van der Waals surface area contributed by atoms with E-state index in [4.69, 9.17) is 12.2 Å². The molecule has 3 aromatic heterocycles. The van der Waals surface area contributed by atoms with Gasteiger partial charge in [0.25, 0.3) is 0 Å². The van der Waals surface area contributed by atoms with E-state index >= 15 is 0 Å². The molecule has 3 rings (SSSR count). The second-order valence-electron chi connectivity index (χ2n) is 4.52. The van der Waals surface area contributed by atoms with Crippen LogP contribution in [0.15, 0.2) is 23.8 Å². The van der Waals surface area contributed by atoms with E-state index in [-0.39, 0.29) is 0 Å². The van der Waals surface area contributed by atoms with Crippen LogP contribution in [0, 0.1) is 11.6 Å². The van der Waals surface area contributed by atoms with Crippen molar-refractivity contribution >= 4 is 23.6 Å². The molecule has 3 heterocycles. The SMILES string of the molecule is Cc1nc(Cc2nc(=S)cc(-c3cnn(C)c3)[nH]2)cs1. The fraction of sp³-hybridized carbons (Fsp3) is 0.231. The Balaban J connectivity index is 1.96. The Hall–Kier alpha value is -1.86. The first-order valence-electron chi connectivity index (χ1n) is 6.10. The molecule has 0 radical (unpaired) electrons. The molecule has 0 fully saturated rings. The van der Waals surface area contributed by atoms with Gasteiger partial charge >= 0.3 is 0 Å². The van der Waals surface area contributed by atoms with Crippen LogP contribution < -0.4 is 0 Å². The summed E-state index contributed by atoms with van der Waals surface area (Å²) < 4.78 is 2.33. The summed E-state index contributed by atoms with van der Waals surface area (Å²) in [5.74, 6) is 0.821. The number of aromatic amines is 1. The van der Waals surface area contributed by atoms with Gasteiger partial charge in [-0.15, -0.1) is 11.3 Å². The van der Waals surface area contributed by atoms with Crippen LogP contribution in [0.3, 0.4) is 0 Å². The molecule has 20 heavy (non-hydrogen) atoms. The smallest absolute Gasteiger partial charge is 0.130 e. The third-order valence-corrected chi connectivity index (χ3v) is 3.85. The third kappa shape index (κ3) is 2.83. The van der Waals surface area contributed by atoms with Crippen LogP contribution in [0.4, 0.5) is 0 Å². The van der Waals surface area contributed by atoms with Crippen molar-refractivity contribution in [2.24, 2.45) is 7.05 Å². The van der Waals surface area contributed by atoms with Crippen LogP contribution in [0.25, 0.3) is 11.3 Å². The number of H-pyrrole nitrogens is 1. The molecule has 0 aromatic carbocycles. The van der Waals surface area contributed by atoms with Gasteiger partial charge in [0.15, 0.2) is 0 Å². The molecular weight excluding hydrogens is 290 g/mol. The molecule has 0 atom stereocenters. The minimum Gasteiger partial charge on any atom is -0.343 e. The van der Waals surface area contributed by atoms with Crippen molar-refractivity contribution in [2.45, 2.75) is 13.3 Å². The number of nitrogens with zero attached hydrogens (tertiary/aromatic N) is 4. The van der Waals surface area contributed by atoms with Gasteiger partial charge in [0.1, 0.15) is 10.5 Å². The van der Waals surface area contributed by atoms with Crippen molar-refractivity contribution in [3.63, 3.8) is 0 Å². The number of aryl methyl sites for hydroxylation is 2. The van der Waals surface area contributed by atoms with Crippen LogP contribution in [0.5, 0.6) is 0 Å². The standard InChI is InChI=1S/C13H13N5S2/c1-8-15-10(7-20-8)3-12-16-11(4-13(19)17-12)9-5-14-18(2)6-9/h4-7H,3H2,1-2H3,(H,16,17,19). The summed E-state index contributed by atoms with van der Waals surface area (Å²) in [7, 11) is 1.89. The maximum absolute atomic E-state index is 5.24. The van der Waals surface area contributed by atoms with E-state index in [9.17, 15) is 0 Å². The number of hydrogen-bond acceptors (Lipinski definition) is 5. The Morgan fingerprint density at radius 3 is 2.90 bits per heavy atom. The zero-order valence-corrected chi connectivity index (χ0v) is 12.8. The maximum atomic E-state index is 5.24. The lowest BCUT2D eigenvalue weighted by molar-refractivity contribution is 0.768. The summed E-state index contributed by atoms with van der Waals surface area (Å²) in [6, 6.07) is 1.85. The Morgan fingerprint density at radius 2 is 2.25 bits per heavy atom. The van der Waals surface area contributed by atoms with Crippen LogP contribution >= 0.6 is 23.6 Å². The molecule has 0 aliphatic carbocycles. The first-order valence-corrected chi connectivity index (χ1v) is 7.39. The number of thiazole rings is 1. The molecular formula is C13H13N5S2. The highest BCUT2D eigenvalue weighted by Crippen LogP contribution is 2.17. The average Bonchev–Trinajstić information content (AvgIpc) is 2.98. The van der Waals surface area contributed by atoms with Gasteiger partial charge < -0.3 is 4.98 Å². The van der Waals surface area contributed by atoms with Crippen molar-refractivity contribution in [3.8, 4) is 11.3 Å². The van der Waals surface area contributed by atoms with Crippen LogP contribution in [0.2, 0.25) is 0 Å². The number of nitrogens with one attached hydrogen (secondary N) is 1. The first-order chi connectivity index (χ1) is 9.60. The Morgan fingerprint density at radius 1 is 1.40 bits per heavy atom. The summed E-state index contributed by atoms with van der Waals surface area (Å²) in [5, 5.41) is 7.27. The van der Waals surface area contributed by atoms with E-state index in [1.807, 2.05) is 31.6 Å². The minimum atomic E-state index is 0.574. The Labute approximate surface area is 125 Å². The van der Waals surface area contributed by atoms with Gasteiger partial charge in [0.05, 0.1) is 22.6 Å². The highest BCUT2D eigenvalue weighted by Gasteiger charge is 2.06.